The van der Waals surface area contributed by atoms with E-state index >= 15 is 0 Å². The van der Waals surface area contributed by atoms with Crippen molar-refractivity contribution < 1.29 is 5.11 Å². The van der Waals surface area contributed by atoms with E-state index in [1.807, 2.05) is 18.2 Å². The van der Waals surface area contributed by atoms with Crippen LogP contribution < -0.4 is 5.56 Å². The van der Waals surface area contributed by atoms with Crippen molar-refractivity contribution in [2.75, 3.05) is 0 Å². The number of aromatic nitrogens is 2. The third-order valence-corrected chi connectivity index (χ3v) is 5.22. The molecule has 4 nitrogen and oxygen atoms in total. The van der Waals surface area contributed by atoms with E-state index in [1.165, 1.54) is 4.57 Å². The molecule has 1 unspecified atom stereocenters. The van der Waals surface area contributed by atoms with Gasteiger partial charge in [-0.2, -0.15) is 0 Å². The Hall–Kier alpha value is -2.66. The number of fused-ring (bicyclic) bond motifs is 1. The molecule has 0 saturated carbocycles. The molecule has 0 aliphatic carbocycles. The van der Waals surface area contributed by atoms with Gasteiger partial charge in [-0.25, -0.2) is 4.98 Å². The molecule has 28 heavy (non-hydrogen) atoms. The average molecular weight is 411 g/mol. The van der Waals surface area contributed by atoms with Crippen LogP contribution in [0.3, 0.4) is 0 Å². The van der Waals surface area contributed by atoms with Gasteiger partial charge in [-0.3, -0.25) is 9.36 Å². The van der Waals surface area contributed by atoms with E-state index in [2.05, 4.69) is 4.98 Å². The molecule has 1 N–H and O–H groups in total. The largest absolute Gasteiger partial charge is 0.384 e. The second-order valence-electron chi connectivity index (χ2n) is 6.56. The van der Waals surface area contributed by atoms with E-state index in [-0.39, 0.29) is 5.56 Å². The van der Waals surface area contributed by atoms with Crippen LogP contribution in [0.2, 0.25) is 10.0 Å². The Bertz CT molecular complexity index is 1230. The predicted molar refractivity (Wildman–Crippen MR) is 113 cm³/mol. The quantitative estimate of drug-likeness (QED) is 0.517. The first-order valence-electron chi connectivity index (χ1n) is 8.63. The Labute approximate surface area is 171 Å². The summed E-state index contributed by atoms with van der Waals surface area (Å²) in [4.78, 5) is 16.9. The summed E-state index contributed by atoms with van der Waals surface area (Å²) in [6.45, 7) is 0. The molecule has 0 bridgehead atoms. The molecule has 0 amide bonds. The molecule has 0 saturated heterocycles. The Kier molecular flexibility index (Phi) is 4.94. The summed E-state index contributed by atoms with van der Waals surface area (Å²) in [5.41, 5.74) is 3.24. The van der Waals surface area contributed by atoms with E-state index in [0.29, 0.717) is 26.8 Å². The maximum Gasteiger partial charge on any atom is 0.252 e. The maximum absolute atomic E-state index is 12.4. The minimum atomic E-state index is -0.862. The molecule has 2 heterocycles. The van der Waals surface area contributed by atoms with Crippen molar-refractivity contribution in [3.63, 3.8) is 0 Å². The fraction of sp³-hybridized carbons (Fsp3) is 0.0909. The molecule has 2 aromatic carbocycles. The molecular weight excluding hydrogens is 395 g/mol. The highest BCUT2D eigenvalue weighted by Gasteiger charge is 2.16. The second kappa shape index (κ2) is 7.40. The summed E-state index contributed by atoms with van der Waals surface area (Å²) >= 11 is 12.1. The standard InChI is InChI=1S/C22H16Cl2N2O2/c1-26-20(27)11-18(14-3-2-4-17(24)9-14)19-10-15(12-25-22(19)26)21(28)13-5-7-16(23)8-6-13/h2-12,21,28H,1H3. The molecule has 0 fully saturated rings. The van der Waals surface area contributed by atoms with Gasteiger partial charge in [-0.05, 0) is 47.0 Å². The van der Waals surface area contributed by atoms with E-state index in [4.69, 9.17) is 23.2 Å². The lowest BCUT2D eigenvalue weighted by Crippen LogP contribution is -2.17. The number of aliphatic hydroxyl groups excluding tert-OH is 1. The smallest absolute Gasteiger partial charge is 0.252 e. The van der Waals surface area contributed by atoms with E-state index in [9.17, 15) is 9.90 Å². The number of pyridine rings is 2. The maximum atomic E-state index is 12.4. The van der Waals surface area contributed by atoms with Gasteiger partial charge < -0.3 is 5.11 Å². The first kappa shape index (κ1) is 18.7. The minimum absolute atomic E-state index is 0.166. The topological polar surface area (TPSA) is 55.1 Å². The number of halogens is 2. The zero-order valence-electron chi connectivity index (χ0n) is 14.9. The zero-order chi connectivity index (χ0) is 19.8. The van der Waals surface area contributed by atoms with Crippen molar-refractivity contribution >= 4 is 34.2 Å². The van der Waals surface area contributed by atoms with Crippen molar-refractivity contribution in [3.05, 3.63) is 98.4 Å². The summed E-state index contributed by atoms with van der Waals surface area (Å²) in [6.07, 6.45) is 0.724. The van der Waals surface area contributed by atoms with Crippen LogP contribution in [0, 0.1) is 0 Å². The van der Waals surface area contributed by atoms with Crippen molar-refractivity contribution in [3.8, 4) is 11.1 Å². The fourth-order valence-corrected chi connectivity index (χ4v) is 3.54. The normalized spacial score (nSPS) is 12.3. The summed E-state index contributed by atoms with van der Waals surface area (Å²) in [6, 6.07) is 17.7. The Morgan fingerprint density at radius 1 is 0.964 bits per heavy atom. The number of hydrogen-bond acceptors (Lipinski definition) is 3. The van der Waals surface area contributed by atoms with Crippen LogP contribution in [0.25, 0.3) is 22.2 Å². The van der Waals surface area contributed by atoms with Gasteiger partial charge in [0.25, 0.3) is 5.56 Å². The molecule has 0 aliphatic rings. The molecule has 0 spiro atoms. The number of rotatable bonds is 3. The van der Waals surface area contributed by atoms with Gasteiger partial charge >= 0.3 is 0 Å². The monoisotopic (exact) mass is 410 g/mol. The van der Waals surface area contributed by atoms with Gasteiger partial charge in [0.05, 0.1) is 0 Å². The number of aliphatic hydroxyl groups is 1. The van der Waals surface area contributed by atoms with Crippen molar-refractivity contribution in [2.24, 2.45) is 7.05 Å². The van der Waals surface area contributed by atoms with Gasteiger partial charge in [0.1, 0.15) is 11.8 Å². The first-order chi connectivity index (χ1) is 13.4. The first-order valence-corrected chi connectivity index (χ1v) is 9.39. The molecule has 2 aromatic heterocycles. The molecule has 1 atom stereocenters. The summed E-state index contributed by atoms with van der Waals surface area (Å²) in [7, 11) is 1.68. The van der Waals surface area contributed by atoms with E-state index in [1.54, 1.807) is 55.7 Å². The lowest BCUT2D eigenvalue weighted by molar-refractivity contribution is 0.220. The van der Waals surface area contributed by atoms with Crippen LogP contribution in [0.15, 0.2) is 71.7 Å². The van der Waals surface area contributed by atoms with Crippen molar-refractivity contribution in [1.82, 2.24) is 9.55 Å². The summed E-state index contributed by atoms with van der Waals surface area (Å²) < 4.78 is 1.49. The van der Waals surface area contributed by atoms with Gasteiger partial charge in [0, 0.05) is 40.3 Å². The van der Waals surface area contributed by atoms with Crippen LogP contribution in [0.1, 0.15) is 17.2 Å². The van der Waals surface area contributed by atoms with Crippen LogP contribution in [0.5, 0.6) is 0 Å². The highest BCUT2D eigenvalue weighted by Crippen LogP contribution is 2.31. The van der Waals surface area contributed by atoms with Crippen LogP contribution in [-0.4, -0.2) is 14.7 Å². The van der Waals surface area contributed by atoms with Gasteiger partial charge in [-0.1, -0.05) is 47.5 Å². The molecule has 4 rings (SSSR count). The highest BCUT2D eigenvalue weighted by molar-refractivity contribution is 6.31. The Balaban J connectivity index is 1.92. The second-order valence-corrected chi connectivity index (χ2v) is 7.43. The third-order valence-electron chi connectivity index (χ3n) is 4.73. The molecule has 6 heteroatoms. The molecular formula is C22H16Cl2N2O2. The number of aryl methyl sites for hydroxylation is 1. The van der Waals surface area contributed by atoms with Gasteiger partial charge in [0.2, 0.25) is 0 Å². The third kappa shape index (κ3) is 3.42. The Morgan fingerprint density at radius 2 is 1.71 bits per heavy atom. The summed E-state index contributed by atoms with van der Waals surface area (Å²) in [5, 5.41) is 12.7. The number of benzene rings is 2. The van der Waals surface area contributed by atoms with E-state index in [0.717, 1.165) is 16.5 Å². The number of nitrogens with zero attached hydrogens (tertiary/aromatic N) is 2. The van der Waals surface area contributed by atoms with Crippen LogP contribution in [0.4, 0.5) is 0 Å². The molecule has 0 radical (unpaired) electrons. The molecule has 0 aliphatic heterocycles. The highest BCUT2D eigenvalue weighted by atomic mass is 35.5. The van der Waals surface area contributed by atoms with E-state index < -0.39 is 6.10 Å². The van der Waals surface area contributed by atoms with Gasteiger partial charge in [-0.15, -0.1) is 0 Å². The number of hydrogen-bond donors (Lipinski definition) is 1. The SMILES string of the molecule is Cn1c(=O)cc(-c2cccc(Cl)c2)c2cc(C(O)c3ccc(Cl)cc3)cnc21. The Morgan fingerprint density at radius 3 is 2.43 bits per heavy atom. The van der Waals surface area contributed by atoms with Crippen molar-refractivity contribution in [1.29, 1.82) is 0 Å². The van der Waals surface area contributed by atoms with Crippen LogP contribution >= 0.6 is 23.2 Å². The van der Waals surface area contributed by atoms with Gasteiger partial charge in [0.15, 0.2) is 0 Å². The predicted octanol–water partition coefficient (Wildman–Crippen LogP) is 4.99. The molecule has 4 aromatic rings. The molecule has 140 valence electrons. The van der Waals surface area contributed by atoms with Crippen molar-refractivity contribution in [2.45, 2.75) is 6.10 Å². The summed E-state index contributed by atoms with van der Waals surface area (Å²) in [5.74, 6) is 0. The lowest BCUT2D eigenvalue weighted by Gasteiger charge is -2.15. The lowest BCUT2D eigenvalue weighted by atomic mass is 9.98. The fourth-order valence-electron chi connectivity index (χ4n) is 3.22. The van der Waals surface area contributed by atoms with Crippen LogP contribution in [-0.2, 0) is 7.05 Å². The minimum Gasteiger partial charge on any atom is -0.384 e. The average Bonchev–Trinajstić information content (AvgIpc) is 2.70. The zero-order valence-corrected chi connectivity index (χ0v) is 16.4.